The van der Waals surface area contributed by atoms with E-state index >= 15 is 0 Å². The maximum Gasteiger partial charge on any atom is 0.138 e. The van der Waals surface area contributed by atoms with Crippen LogP contribution in [0.1, 0.15) is 32.6 Å². The minimum absolute atomic E-state index is 0.471. The molecule has 0 aromatic carbocycles. The highest BCUT2D eigenvalue weighted by Crippen LogP contribution is 2.36. The minimum Gasteiger partial charge on any atom is -0.512 e. The van der Waals surface area contributed by atoms with E-state index in [1.54, 1.807) is 6.08 Å². The van der Waals surface area contributed by atoms with Gasteiger partial charge in [-0.3, -0.25) is 0 Å². The van der Waals surface area contributed by atoms with Crippen molar-refractivity contribution in [1.29, 1.82) is 5.26 Å². The zero-order valence-corrected chi connectivity index (χ0v) is 10.7. The van der Waals surface area contributed by atoms with Crippen molar-refractivity contribution in [2.75, 3.05) is 0 Å². The molecule has 0 bridgehead atoms. The van der Waals surface area contributed by atoms with Crippen molar-refractivity contribution >= 4 is 11.8 Å². The summed E-state index contributed by atoms with van der Waals surface area (Å²) in [7, 11) is 0. The van der Waals surface area contributed by atoms with E-state index in [0.717, 1.165) is 25.7 Å². The van der Waals surface area contributed by atoms with Crippen LogP contribution in [-0.4, -0.2) is 5.11 Å². The molecule has 0 saturated carbocycles. The normalized spacial score (nSPS) is 20.4. The van der Waals surface area contributed by atoms with Gasteiger partial charge in [0.2, 0.25) is 0 Å². The van der Waals surface area contributed by atoms with Gasteiger partial charge in [-0.25, -0.2) is 0 Å². The second kappa shape index (κ2) is 5.29. The standard InChI is InChI=1S/C14H15NOS/c1-10-8-12(4-7-14(10)17-9-15)11-2-5-13(16)6-3-11/h2,5,8,16H,3-4,6-7H2,1H3. The van der Waals surface area contributed by atoms with Gasteiger partial charge in [-0.1, -0.05) is 12.2 Å². The van der Waals surface area contributed by atoms with Crippen LogP contribution in [0.3, 0.4) is 0 Å². The molecule has 2 aliphatic rings. The Kier molecular flexibility index (Phi) is 3.75. The van der Waals surface area contributed by atoms with Gasteiger partial charge in [0.25, 0.3) is 0 Å². The van der Waals surface area contributed by atoms with E-state index in [4.69, 9.17) is 5.26 Å². The van der Waals surface area contributed by atoms with E-state index in [0.29, 0.717) is 5.76 Å². The topological polar surface area (TPSA) is 44.0 Å². The van der Waals surface area contributed by atoms with Crippen LogP contribution in [0.25, 0.3) is 0 Å². The number of nitrogens with zero attached hydrogens (tertiary/aromatic N) is 1. The van der Waals surface area contributed by atoms with E-state index in [-0.39, 0.29) is 0 Å². The Morgan fingerprint density at radius 3 is 2.53 bits per heavy atom. The first kappa shape index (κ1) is 12.1. The molecule has 2 nitrogen and oxygen atoms in total. The van der Waals surface area contributed by atoms with Crippen molar-refractivity contribution in [1.82, 2.24) is 0 Å². The smallest absolute Gasteiger partial charge is 0.138 e. The molecule has 1 N–H and O–H groups in total. The fourth-order valence-corrected chi connectivity index (χ4v) is 2.73. The van der Waals surface area contributed by atoms with Gasteiger partial charge in [0.15, 0.2) is 0 Å². The highest BCUT2D eigenvalue weighted by Gasteiger charge is 2.15. The number of thioether (sulfide) groups is 1. The number of hydrogen-bond acceptors (Lipinski definition) is 3. The summed E-state index contributed by atoms with van der Waals surface area (Å²) in [4.78, 5) is 1.19. The molecular formula is C14H15NOS. The Labute approximate surface area is 106 Å². The predicted octanol–water partition coefficient (Wildman–Crippen LogP) is 4.36. The largest absolute Gasteiger partial charge is 0.512 e. The lowest BCUT2D eigenvalue weighted by Gasteiger charge is -2.20. The fraction of sp³-hybridized carbons (Fsp3) is 0.357. The summed E-state index contributed by atoms with van der Waals surface area (Å²) in [5.41, 5.74) is 3.88. The summed E-state index contributed by atoms with van der Waals surface area (Å²) in [6.07, 6.45) is 9.61. The molecule has 88 valence electrons. The van der Waals surface area contributed by atoms with Gasteiger partial charge in [0.1, 0.15) is 5.40 Å². The first-order chi connectivity index (χ1) is 8.20. The number of rotatable bonds is 2. The van der Waals surface area contributed by atoms with E-state index < -0.39 is 0 Å². The van der Waals surface area contributed by atoms with Gasteiger partial charge in [-0.15, -0.1) is 0 Å². The third-order valence-corrected chi connectivity index (χ3v) is 4.02. The van der Waals surface area contributed by atoms with Crippen molar-refractivity contribution in [3.8, 4) is 5.40 Å². The van der Waals surface area contributed by atoms with Gasteiger partial charge in [-0.05, 0) is 60.7 Å². The quantitative estimate of drug-likeness (QED) is 0.735. The van der Waals surface area contributed by atoms with E-state index in [2.05, 4.69) is 18.4 Å². The highest BCUT2D eigenvalue weighted by molar-refractivity contribution is 8.07. The molecule has 0 heterocycles. The van der Waals surface area contributed by atoms with Crippen LogP contribution in [0, 0.1) is 10.7 Å². The molecular weight excluding hydrogens is 230 g/mol. The number of hydrogen-bond donors (Lipinski definition) is 1. The molecule has 0 spiro atoms. The molecule has 2 aliphatic carbocycles. The molecule has 0 aromatic rings. The Morgan fingerprint density at radius 2 is 1.94 bits per heavy atom. The van der Waals surface area contributed by atoms with Gasteiger partial charge in [0, 0.05) is 11.3 Å². The molecule has 0 fully saturated rings. The molecule has 0 saturated heterocycles. The lowest BCUT2D eigenvalue weighted by molar-refractivity contribution is 0.386. The van der Waals surface area contributed by atoms with Crippen LogP contribution < -0.4 is 0 Å². The second-order valence-electron chi connectivity index (χ2n) is 4.32. The van der Waals surface area contributed by atoms with E-state index in [9.17, 15) is 5.11 Å². The number of aliphatic hydroxyl groups excluding tert-OH is 1. The molecule has 0 amide bonds. The minimum atomic E-state index is 0.471. The Hall–Kier alpha value is -1.40. The first-order valence-corrected chi connectivity index (χ1v) is 6.57. The first-order valence-electron chi connectivity index (χ1n) is 5.76. The average molecular weight is 245 g/mol. The zero-order chi connectivity index (χ0) is 12.3. The second-order valence-corrected chi connectivity index (χ2v) is 5.20. The maximum absolute atomic E-state index is 9.34. The average Bonchev–Trinajstić information content (AvgIpc) is 2.33. The van der Waals surface area contributed by atoms with Crippen molar-refractivity contribution in [2.45, 2.75) is 32.6 Å². The molecule has 0 aromatic heterocycles. The number of nitriles is 1. The van der Waals surface area contributed by atoms with Crippen LogP contribution in [0.5, 0.6) is 0 Å². The zero-order valence-electron chi connectivity index (χ0n) is 9.86. The van der Waals surface area contributed by atoms with Gasteiger partial charge >= 0.3 is 0 Å². The number of allylic oxidation sites excluding steroid dienone is 8. The van der Waals surface area contributed by atoms with Crippen molar-refractivity contribution in [3.05, 3.63) is 45.6 Å². The number of aliphatic hydroxyl groups is 1. The lowest BCUT2D eigenvalue weighted by atomic mass is 9.89. The predicted molar refractivity (Wildman–Crippen MR) is 71.2 cm³/mol. The maximum atomic E-state index is 9.34. The van der Waals surface area contributed by atoms with Gasteiger partial charge in [-0.2, -0.15) is 5.26 Å². The summed E-state index contributed by atoms with van der Waals surface area (Å²) in [6, 6.07) is 0. The fourth-order valence-electron chi connectivity index (χ4n) is 2.19. The monoisotopic (exact) mass is 245 g/mol. The third-order valence-electron chi connectivity index (χ3n) is 3.16. The lowest BCUT2D eigenvalue weighted by Crippen LogP contribution is -2.01. The molecule has 0 aliphatic heterocycles. The van der Waals surface area contributed by atoms with E-state index in [1.807, 2.05) is 6.08 Å². The molecule has 17 heavy (non-hydrogen) atoms. The third kappa shape index (κ3) is 2.83. The van der Waals surface area contributed by atoms with Crippen molar-refractivity contribution in [3.63, 3.8) is 0 Å². The summed E-state index contributed by atoms with van der Waals surface area (Å²) >= 11 is 1.28. The highest BCUT2D eigenvalue weighted by atomic mass is 32.2. The SMILES string of the molecule is CC1=C(SC#N)CCC(C2=CC=C(O)CC2)=C1. The number of thiocyanates is 1. The van der Waals surface area contributed by atoms with Crippen LogP contribution in [0.2, 0.25) is 0 Å². The van der Waals surface area contributed by atoms with Crippen LogP contribution >= 0.6 is 11.8 Å². The Balaban J connectivity index is 2.20. The van der Waals surface area contributed by atoms with Crippen molar-refractivity contribution < 1.29 is 5.11 Å². The van der Waals surface area contributed by atoms with E-state index in [1.165, 1.54) is 33.4 Å². The van der Waals surface area contributed by atoms with Crippen molar-refractivity contribution in [2.24, 2.45) is 0 Å². The molecule has 0 unspecified atom stereocenters. The van der Waals surface area contributed by atoms with Gasteiger partial charge < -0.3 is 5.11 Å². The summed E-state index contributed by atoms with van der Waals surface area (Å²) in [6.45, 7) is 2.07. The molecule has 0 atom stereocenters. The summed E-state index contributed by atoms with van der Waals surface area (Å²) in [5, 5.41) is 20.2. The molecule has 2 rings (SSSR count). The molecule has 0 radical (unpaired) electrons. The Bertz CT molecular complexity index is 489. The summed E-state index contributed by atoms with van der Waals surface area (Å²) < 4.78 is 0. The van der Waals surface area contributed by atoms with Crippen LogP contribution in [0.4, 0.5) is 0 Å². The van der Waals surface area contributed by atoms with Crippen LogP contribution in [-0.2, 0) is 0 Å². The van der Waals surface area contributed by atoms with Crippen LogP contribution in [0.15, 0.2) is 45.6 Å². The summed E-state index contributed by atoms with van der Waals surface area (Å²) in [5.74, 6) is 0.471. The molecule has 3 heteroatoms. The Morgan fingerprint density at radius 1 is 1.18 bits per heavy atom. The van der Waals surface area contributed by atoms with Gasteiger partial charge in [0.05, 0.1) is 5.76 Å².